The molecule has 5 nitrogen and oxygen atoms in total. The molecule has 0 bridgehead atoms. The first-order valence-electron chi connectivity index (χ1n) is 8.73. The van der Waals surface area contributed by atoms with Crippen molar-refractivity contribution in [1.29, 1.82) is 0 Å². The molecule has 3 rings (SSSR count). The predicted molar refractivity (Wildman–Crippen MR) is 103 cm³/mol. The molecule has 1 N–H and O–H groups in total. The maximum absolute atomic E-state index is 13.3. The molecule has 0 saturated heterocycles. The van der Waals surface area contributed by atoms with Gasteiger partial charge in [-0.1, -0.05) is 25.3 Å². The molecule has 2 aromatic heterocycles. The van der Waals surface area contributed by atoms with Crippen LogP contribution in [0.25, 0.3) is 10.9 Å². The second kappa shape index (κ2) is 7.35. The van der Waals surface area contributed by atoms with Gasteiger partial charge in [-0.15, -0.1) is 5.10 Å². The molecule has 25 heavy (non-hydrogen) atoms. The summed E-state index contributed by atoms with van der Waals surface area (Å²) in [7, 11) is 0. The van der Waals surface area contributed by atoms with Gasteiger partial charge in [0.1, 0.15) is 4.88 Å². The molecule has 1 aromatic carbocycles. The Morgan fingerprint density at radius 3 is 2.80 bits per heavy atom. The van der Waals surface area contributed by atoms with Crippen LogP contribution in [-0.2, 0) is 6.42 Å². The third-order valence-electron chi connectivity index (χ3n) is 4.37. The van der Waals surface area contributed by atoms with E-state index in [0.29, 0.717) is 17.2 Å². The number of benzene rings is 1. The van der Waals surface area contributed by atoms with Crippen LogP contribution >= 0.6 is 11.5 Å². The van der Waals surface area contributed by atoms with Crippen LogP contribution in [0.2, 0.25) is 0 Å². The fourth-order valence-electron chi connectivity index (χ4n) is 3.26. The fraction of sp³-hybridized carbons (Fsp3) is 0.421. The van der Waals surface area contributed by atoms with Crippen LogP contribution in [0.5, 0.6) is 0 Å². The lowest BCUT2D eigenvalue weighted by Crippen LogP contribution is -2.39. The molecule has 1 unspecified atom stereocenters. The number of hydrogen-bond acceptors (Lipinski definition) is 4. The quantitative estimate of drug-likeness (QED) is 0.698. The van der Waals surface area contributed by atoms with Crippen LogP contribution in [0.4, 0.5) is 5.69 Å². The molecule has 3 aromatic rings. The number of fused-ring (bicyclic) bond motifs is 1. The number of amides is 1. The van der Waals surface area contributed by atoms with E-state index >= 15 is 0 Å². The van der Waals surface area contributed by atoms with E-state index in [4.69, 9.17) is 0 Å². The Morgan fingerprint density at radius 1 is 1.28 bits per heavy atom. The van der Waals surface area contributed by atoms with E-state index in [-0.39, 0.29) is 11.9 Å². The Hall–Kier alpha value is -2.21. The number of nitrogens with zero attached hydrogens (tertiary/aromatic N) is 3. The minimum Gasteiger partial charge on any atom is -0.361 e. The smallest absolute Gasteiger partial charge is 0.272 e. The zero-order valence-electron chi connectivity index (χ0n) is 15.1. The standard InChI is InChI=1S/C19H24N4OS/c1-5-16-18(25-22-21-16)19(24)23(13(4)10-12(2)3)15-6-7-17-14(11-15)8-9-20-17/h6-9,11-13,20H,5,10H2,1-4H3. The maximum Gasteiger partial charge on any atom is 0.272 e. The van der Waals surface area contributed by atoms with E-state index < -0.39 is 0 Å². The summed E-state index contributed by atoms with van der Waals surface area (Å²) < 4.78 is 3.99. The first-order chi connectivity index (χ1) is 12.0. The second-order valence-electron chi connectivity index (χ2n) is 6.81. The summed E-state index contributed by atoms with van der Waals surface area (Å²) in [5, 5.41) is 5.21. The molecule has 0 aliphatic rings. The van der Waals surface area contributed by atoms with E-state index in [9.17, 15) is 4.79 Å². The summed E-state index contributed by atoms with van der Waals surface area (Å²) in [5.74, 6) is 0.501. The molecule has 2 heterocycles. The third-order valence-corrected chi connectivity index (χ3v) is 5.13. The van der Waals surface area contributed by atoms with E-state index in [2.05, 4.69) is 41.4 Å². The minimum absolute atomic E-state index is 0.00474. The van der Waals surface area contributed by atoms with Gasteiger partial charge in [0.25, 0.3) is 5.91 Å². The van der Waals surface area contributed by atoms with Gasteiger partial charge < -0.3 is 9.88 Å². The Balaban J connectivity index is 2.03. The van der Waals surface area contributed by atoms with Gasteiger partial charge in [-0.05, 0) is 61.5 Å². The number of carbonyl (C=O) groups is 1. The van der Waals surface area contributed by atoms with Gasteiger partial charge in [0, 0.05) is 28.8 Å². The first-order valence-corrected chi connectivity index (χ1v) is 9.50. The number of aromatic nitrogens is 3. The molecular formula is C19H24N4OS. The molecule has 0 spiro atoms. The molecule has 0 radical (unpaired) electrons. The zero-order chi connectivity index (χ0) is 18.0. The summed E-state index contributed by atoms with van der Waals surface area (Å²) in [6.07, 6.45) is 3.56. The molecule has 0 aliphatic carbocycles. The fourth-order valence-corrected chi connectivity index (χ4v) is 3.95. The van der Waals surface area contributed by atoms with Crippen LogP contribution in [-0.4, -0.2) is 26.5 Å². The summed E-state index contributed by atoms with van der Waals surface area (Å²) in [6.45, 7) is 8.47. The largest absolute Gasteiger partial charge is 0.361 e. The number of rotatable bonds is 6. The average Bonchev–Trinajstić information content (AvgIpc) is 3.22. The first kappa shape index (κ1) is 17.6. The highest BCUT2D eigenvalue weighted by molar-refractivity contribution is 7.08. The summed E-state index contributed by atoms with van der Waals surface area (Å²) in [4.78, 5) is 19.1. The van der Waals surface area contributed by atoms with Gasteiger partial charge in [0.15, 0.2) is 0 Å². The van der Waals surface area contributed by atoms with Crippen molar-refractivity contribution < 1.29 is 4.79 Å². The number of aromatic amines is 1. The highest BCUT2D eigenvalue weighted by Gasteiger charge is 2.27. The van der Waals surface area contributed by atoms with E-state index in [0.717, 1.165) is 28.7 Å². The van der Waals surface area contributed by atoms with Crippen molar-refractivity contribution in [2.24, 2.45) is 5.92 Å². The topological polar surface area (TPSA) is 61.9 Å². The molecule has 1 amide bonds. The number of carbonyl (C=O) groups excluding carboxylic acids is 1. The molecule has 0 aliphatic heterocycles. The van der Waals surface area contributed by atoms with Gasteiger partial charge >= 0.3 is 0 Å². The van der Waals surface area contributed by atoms with Crippen molar-refractivity contribution in [3.05, 3.63) is 41.0 Å². The summed E-state index contributed by atoms with van der Waals surface area (Å²) in [5.41, 5.74) is 2.77. The van der Waals surface area contributed by atoms with Gasteiger partial charge in [-0.2, -0.15) is 0 Å². The SMILES string of the molecule is CCc1nnsc1C(=O)N(c1ccc2[nH]ccc2c1)C(C)CC(C)C. The van der Waals surface area contributed by atoms with Crippen molar-refractivity contribution in [2.75, 3.05) is 4.90 Å². The van der Waals surface area contributed by atoms with Gasteiger partial charge in [0.2, 0.25) is 0 Å². The lowest BCUT2D eigenvalue weighted by molar-refractivity contribution is 0.0979. The molecule has 132 valence electrons. The molecule has 6 heteroatoms. The molecule has 0 saturated carbocycles. The molecule has 0 fully saturated rings. The molecular weight excluding hydrogens is 332 g/mol. The van der Waals surface area contributed by atoms with Crippen molar-refractivity contribution in [3.63, 3.8) is 0 Å². The third kappa shape index (κ3) is 3.58. The zero-order valence-corrected chi connectivity index (χ0v) is 15.9. The Labute approximate surface area is 152 Å². The van der Waals surface area contributed by atoms with Gasteiger partial charge in [0.05, 0.1) is 5.69 Å². The van der Waals surface area contributed by atoms with Crippen molar-refractivity contribution in [1.82, 2.24) is 14.6 Å². The number of aryl methyl sites for hydroxylation is 1. The predicted octanol–water partition coefficient (Wildman–Crippen LogP) is 4.66. The average molecular weight is 356 g/mol. The van der Waals surface area contributed by atoms with Crippen molar-refractivity contribution >= 4 is 34.0 Å². The minimum atomic E-state index is -0.00474. The van der Waals surface area contributed by atoms with Crippen LogP contribution in [0.1, 0.15) is 49.5 Å². The van der Waals surface area contributed by atoms with Crippen LogP contribution < -0.4 is 4.90 Å². The number of H-pyrrole nitrogens is 1. The number of hydrogen-bond donors (Lipinski definition) is 1. The van der Waals surface area contributed by atoms with Crippen LogP contribution in [0, 0.1) is 5.92 Å². The number of anilines is 1. The van der Waals surface area contributed by atoms with Gasteiger partial charge in [-0.25, -0.2) is 0 Å². The highest BCUT2D eigenvalue weighted by Crippen LogP contribution is 2.28. The van der Waals surface area contributed by atoms with Gasteiger partial charge in [-0.3, -0.25) is 4.79 Å². The van der Waals surface area contributed by atoms with Crippen molar-refractivity contribution in [3.8, 4) is 0 Å². The molecule has 1 atom stereocenters. The summed E-state index contributed by atoms with van der Waals surface area (Å²) >= 11 is 1.19. The van der Waals surface area contributed by atoms with E-state index in [1.54, 1.807) is 0 Å². The Bertz CT molecular complexity index is 867. The number of nitrogens with one attached hydrogen (secondary N) is 1. The van der Waals surface area contributed by atoms with Crippen LogP contribution in [0.3, 0.4) is 0 Å². The lowest BCUT2D eigenvalue weighted by atomic mass is 10.0. The monoisotopic (exact) mass is 356 g/mol. The van der Waals surface area contributed by atoms with Crippen molar-refractivity contribution in [2.45, 2.75) is 46.6 Å². The van der Waals surface area contributed by atoms with E-state index in [1.165, 1.54) is 11.5 Å². The van der Waals surface area contributed by atoms with E-state index in [1.807, 2.05) is 36.2 Å². The Morgan fingerprint density at radius 2 is 2.08 bits per heavy atom. The normalized spacial score (nSPS) is 12.7. The summed E-state index contributed by atoms with van der Waals surface area (Å²) in [6, 6.07) is 8.23. The second-order valence-corrected chi connectivity index (χ2v) is 7.56. The van der Waals surface area contributed by atoms with Crippen LogP contribution in [0.15, 0.2) is 30.5 Å². The maximum atomic E-state index is 13.3. The lowest BCUT2D eigenvalue weighted by Gasteiger charge is -2.30. The Kier molecular flexibility index (Phi) is 5.18. The highest BCUT2D eigenvalue weighted by atomic mass is 32.1.